The molecule has 2 rings (SSSR count). The Bertz CT molecular complexity index is 584. The van der Waals surface area contributed by atoms with Crippen LogP contribution in [-0.2, 0) is 10.8 Å². The smallest absolute Gasteiger partial charge is 0.226 e. The highest BCUT2D eigenvalue weighted by atomic mass is 32.2. The van der Waals surface area contributed by atoms with Crippen LogP contribution >= 0.6 is 0 Å². The molecule has 2 atom stereocenters. The predicted octanol–water partition coefficient (Wildman–Crippen LogP) is 0.964. The van der Waals surface area contributed by atoms with Crippen LogP contribution in [0.15, 0.2) is 6.33 Å². The third kappa shape index (κ3) is 3.19. The van der Waals surface area contributed by atoms with E-state index in [-0.39, 0.29) is 5.25 Å². The van der Waals surface area contributed by atoms with Gasteiger partial charge in [-0.3, -0.25) is 4.21 Å². The van der Waals surface area contributed by atoms with Crippen molar-refractivity contribution in [2.45, 2.75) is 19.1 Å². The number of nitrogens with one attached hydrogen (secondary N) is 3. The average Bonchev–Trinajstić information content (AvgIpc) is 2.84. The van der Waals surface area contributed by atoms with Gasteiger partial charge in [-0.05, 0) is 13.8 Å². The number of H-pyrrole nitrogens is 1. The Balaban J connectivity index is 2.24. The zero-order chi connectivity index (χ0) is 13.8. The second-order valence-electron chi connectivity index (χ2n) is 4.22. The summed E-state index contributed by atoms with van der Waals surface area (Å²) in [6.45, 7) is 5.23. The van der Waals surface area contributed by atoms with Gasteiger partial charge in [0.25, 0.3) is 0 Å². The second-order valence-corrected chi connectivity index (χ2v) is 6.02. The molecule has 3 N–H and O–H groups in total. The van der Waals surface area contributed by atoms with E-state index in [1.807, 2.05) is 13.8 Å². The van der Waals surface area contributed by atoms with Gasteiger partial charge in [-0.15, -0.1) is 0 Å². The predicted molar refractivity (Wildman–Crippen MR) is 77.9 cm³/mol. The standard InChI is InChI=1S/C11H18N6OS/c1-4-12-11-16-9(13-5-7(2)19(3)18)8-10(17-11)15-6-14-8/h6-7H,4-5H2,1-3H3,(H3,12,13,14,15,16,17). The van der Waals surface area contributed by atoms with Crippen LogP contribution in [0, 0.1) is 0 Å². The number of aromatic nitrogens is 4. The largest absolute Gasteiger partial charge is 0.367 e. The SMILES string of the molecule is CCNc1nc(NCC(C)S(C)=O)c2[nH]cnc2n1. The first-order chi connectivity index (χ1) is 9.11. The molecule has 0 aliphatic heterocycles. The van der Waals surface area contributed by atoms with E-state index in [1.165, 1.54) is 0 Å². The van der Waals surface area contributed by atoms with Crippen molar-refractivity contribution >= 4 is 33.7 Å². The highest BCUT2D eigenvalue weighted by molar-refractivity contribution is 7.84. The molecule has 0 aliphatic carbocycles. The topological polar surface area (TPSA) is 95.6 Å². The molecule has 19 heavy (non-hydrogen) atoms. The van der Waals surface area contributed by atoms with Crippen molar-refractivity contribution < 1.29 is 4.21 Å². The normalized spacial score (nSPS) is 14.3. The minimum absolute atomic E-state index is 0.0514. The van der Waals surface area contributed by atoms with Crippen LogP contribution in [-0.4, -0.2) is 48.7 Å². The lowest BCUT2D eigenvalue weighted by Gasteiger charge is -2.12. The summed E-state index contributed by atoms with van der Waals surface area (Å²) in [6, 6.07) is 0. The summed E-state index contributed by atoms with van der Waals surface area (Å²) >= 11 is 0. The fourth-order valence-electron chi connectivity index (χ4n) is 1.56. The van der Waals surface area contributed by atoms with Gasteiger partial charge >= 0.3 is 0 Å². The maximum atomic E-state index is 11.4. The van der Waals surface area contributed by atoms with E-state index in [4.69, 9.17) is 0 Å². The van der Waals surface area contributed by atoms with Gasteiger partial charge in [0.05, 0.1) is 6.33 Å². The zero-order valence-corrected chi connectivity index (χ0v) is 12.0. The van der Waals surface area contributed by atoms with Gasteiger partial charge in [0.1, 0.15) is 5.52 Å². The van der Waals surface area contributed by atoms with Gasteiger partial charge in [0.2, 0.25) is 5.95 Å². The Morgan fingerprint density at radius 2 is 2.21 bits per heavy atom. The number of aromatic amines is 1. The molecule has 0 amide bonds. The molecule has 2 aromatic rings. The molecule has 0 aromatic carbocycles. The molecule has 0 saturated heterocycles. The third-order valence-electron chi connectivity index (χ3n) is 2.74. The van der Waals surface area contributed by atoms with Crippen molar-refractivity contribution in [1.29, 1.82) is 0 Å². The van der Waals surface area contributed by atoms with Crippen molar-refractivity contribution in [2.75, 3.05) is 30.0 Å². The minimum Gasteiger partial charge on any atom is -0.367 e. The molecule has 0 spiro atoms. The number of hydrogen-bond acceptors (Lipinski definition) is 6. The fourth-order valence-corrected chi connectivity index (χ4v) is 1.87. The summed E-state index contributed by atoms with van der Waals surface area (Å²) in [5.74, 6) is 1.21. The number of anilines is 2. The Kier molecular flexibility index (Phi) is 4.31. The van der Waals surface area contributed by atoms with E-state index in [2.05, 4.69) is 30.6 Å². The van der Waals surface area contributed by atoms with Gasteiger partial charge in [-0.25, -0.2) is 4.98 Å². The maximum Gasteiger partial charge on any atom is 0.226 e. The number of rotatable bonds is 6. The van der Waals surface area contributed by atoms with Crippen LogP contribution in [0.5, 0.6) is 0 Å². The van der Waals surface area contributed by atoms with Crippen molar-refractivity contribution in [3.05, 3.63) is 6.33 Å². The van der Waals surface area contributed by atoms with Gasteiger partial charge in [-0.2, -0.15) is 9.97 Å². The van der Waals surface area contributed by atoms with Crippen molar-refractivity contribution in [1.82, 2.24) is 19.9 Å². The average molecular weight is 282 g/mol. The molecule has 0 fully saturated rings. The third-order valence-corrected chi connectivity index (χ3v) is 4.04. The second kappa shape index (κ2) is 5.96. The van der Waals surface area contributed by atoms with E-state index in [0.29, 0.717) is 24.0 Å². The van der Waals surface area contributed by atoms with Gasteiger partial charge in [-0.1, -0.05) is 0 Å². The number of nitrogens with zero attached hydrogens (tertiary/aromatic N) is 3. The summed E-state index contributed by atoms with van der Waals surface area (Å²) < 4.78 is 11.4. The van der Waals surface area contributed by atoms with Crippen molar-refractivity contribution in [3.8, 4) is 0 Å². The number of hydrogen-bond donors (Lipinski definition) is 3. The fraction of sp³-hybridized carbons (Fsp3) is 0.545. The summed E-state index contributed by atoms with van der Waals surface area (Å²) in [5.41, 5.74) is 1.37. The molecule has 8 heteroatoms. The highest BCUT2D eigenvalue weighted by Gasteiger charge is 2.11. The summed E-state index contributed by atoms with van der Waals surface area (Å²) in [7, 11) is -0.864. The number of imidazole rings is 1. The monoisotopic (exact) mass is 282 g/mol. The molecule has 104 valence electrons. The molecule has 0 bridgehead atoms. The molecule has 2 aromatic heterocycles. The number of fused-ring (bicyclic) bond motifs is 1. The van der Waals surface area contributed by atoms with E-state index < -0.39 is 10.8 Å². The van der Waals surface area contributed by atoms with Gasteiger partial charge in [0.15, 0.2) is 11.5 Å². The van der Waals surface area contributed by atoms with E-state index in [1.54, 1.807) is 12.6 Å². The van der Waals surface area contributed by atoms with E-state index in [0.717, 1.165) is 12.1 Å². The van der Waals surface area contributed by atoms with E-state index >= 15 is 0 Å². The molecule has 2 unspecified atom stereocenters. The molecule has 7 nitrogen and oxygen atoms in total. The summed E-state index contributed by atoms with van der Waals surface area (Å²) in [4.78, 5) is 15.8. The Labute approximate surface area is 114 Å². The molecule has 0 saturated carbocycles. The van der Waals surface area contributed by atoms with Crippen LogP contribution in [0.3, 0.4) is 0 Å². The lowest BCUT2D eigenvalue weighted by Crippen LogP contribution is -2.21. The molecular formula is C11H18N6OS. The lowest BCUT2D eigenvalue weighted by atomic mass is 10.4. The molecule has 2 heterocycles. The van der Waals surface area contributed by atoms with Crippen LogP contribution in [0.2, 0.25) is 0 Å². The van der Waals surface area contributed by atoms with Crippen LogP contribution < -0.4 is 10.6 Å². The summed E-state index contributed by atoms with van der Waals surface area (Å²) in [6.07, 6.45) is 3.28. The Morgan fingerprint density at radius 3 is 2.89 bits per heavy atom. The first-order valence-electron chi connectivity index (χ1n) is 6.13. The first kappa shape index (κ1) is 13.7. The molecular weight excluding hydrogens is 264 g/mol. The van der Waals surface area contributed by atoms with Crippen LogP contribution in [0.4, 0.5) is 11.8 Å². The maximum absolute atomic E-state index is 11.4. The zero-order valence-electron chi connectivity index (χ0n) is 11.2. The first-order valence-corrected chi connectivity index (χ1v) is 7.75. The van der Waals surface area contributed by atoms with E-state index in [9.17, 15) is 4.21 Å². The lowest BCUT2D eigenvalue weighted by molar-refractivity contribution is 0.679. The Morgan fingerprint density at radius 1 is 1.42 bits per heavy atom. The van der Waals surface area contributed by atoms with Gasteiger partial charge < -0.3 is 15.6 Å². The van der Waals surface area contributed by atoms with Crippen molar-refractivity contribution in [3.63, 3.8) is 0 Å². The van der Waals surface area contributed by atoms with Gasteiger partial charge in [0, 0.05) is 35.4 Å². The minimum atomic E-state index is -0.864. The van der Waals surface area contributed by atoms with Crippen LogP contribution in [0.25, 0.3) is 11.2 Å². The Hall–Kier alpha value is -1.70. The summed E-state index contributed by atoms with van der Waals surface area (Å²) in [5, 5.41) is 6.31. The highest BCUT2D eigenvalue weighted by Crippen LogP contribution is 2.18. The van der Waals surface area contributed by atoms with Crippen LogP contribution in [0.1, 0.15) is 13.8 Å². The molecule has 0 aliphatic rings. The quantitative estimate of drug-likeness (QED) is 0.730. The molecule has 0 radical (unpaired) electrons. The van der Waals surface area contributed by atoms with Crippen molar-refractivity contribution in [2.24, 2.45) is 0 Å².